The standard InChI is InChI=1S/C22H32BClN4O7/c1-5-6-19(30)32-12-33-20(31)14-10-28(27-26-14)11-17(25-18(29)9-24)23-34-16-8-13-7-15(21(13,2)3)22(16,4)35-23/h10,13,15-17H,5-9,11-12H2,1-4H3,(H,25,29)/t13?,15?,16?,17-,22-/m0/s1. The summed E-state index contributed by atoms with van der Waals surface area (Å²) < 4.78 is 23.9. The van der Waals surface area contributed by atoms with Gasteiger partial charge in [0.15, 0.2) is 5.69 Å². The topological polar surface area (TPSA) is 131 Å². The van der Waals surface area contributed by atoms with Gasteiger partial charge in [-0.05, 0) is 43.4 Å². The molecule has 4 fully saturated rings. The first kappa shape index (κ1) is 25.9. The highest BCUT2D eigenvalue weighted by Crippen LogP contribution is 2.65. The van der Waals surface area contributed by atoms with Crippen molar-refractivity contribution in [3.63, 3.8) is 0 Å². The van der Waals surface area contributed by atoms with Gasteiger partial charge in [0.2, 0.25) is 12.7 Å². The van der Waals surface area contributed by atoms with Crippen molar-refractivity contribution in [1.82, 2.24) is 20.3 Å². The average molecular weight is 511 g/mol. The molecule has 2 bridgehead atoms. The van der Waals surface area contributed by atoms with Crippen LogP contribution in [0.1, 0.15) is 63.9 Å². The summed E-state index contributed by atoms with van der Waals surface area (Å²) in [5.41, 5.74) is -0.320. The molecule has 1 aliphatic heterocycles. The molecular weight excluding hydrogens is 479 g/mol. The number of amides is 1. The van der Waals surface area contributed by atoms with Crippen molar-refractivity contribution in [3.05, 3.63) is 11.9 Å². The molecule has 0 aromatic carbocycles. The summed E-state index contributed by atoms with van der Waals surface area (Å²) in [6, 6.07) is 0. The van der Waals surface area contributed by atoms with E-state index in [9.17, 15) is 14.4 Å². The lowest BCUT2D eigenvalue weighted by Gasteiger charge is -2.64. The van der Waals surface area contributed by atoms with E-state index in [0.29, 0.717) is 18.3 Å². The molecule has 5 rings (SSSR count). The van der Waals surface area contributed by atoms with E-state index >= 15 is 0 Å². The second-order valence-electron chi connectivity index (χ2n) is 10.3. The molecule has 35 heavy (non-hydrogen) atoms. The summed E-state index contributed by atoms with van der Waals surface area (Å²) in [7, 11) is -0.704. The summed E-state index contributed by atoms with van der Waals surface area (Å²) >= 11 is 5.73. The van der Waals surface area contributed by atoms with Crippen LogP contribution in [0, 0.1) is 17.3 Å². The fraction of sp³-hybridized carbons (Fsp3) is 0.773. The van der Waals surface area contributed by atoms with E-state index in [1.165, 1.54) is 10.9 Å². The Kier molecular flexibility index (Phi) is 7.45. The Hall–Kier alpha value is -2.18. The predicted molar refractivity (Wildman–Crippen MR) is 124 cm³/mol. The van der Waals surface area contributed by atoms with Gasteiger partial charge in [-0.2, -0.15) is 0 Å². The molecule has 1 saturated heterocycles. The molecule has 1 amide bonds. The first-order valence-electron chi connectivity index (χ1n) is 12.0. The average Bonchev–Trinajstić information content (AvgIpc) is 3.42. The number of halogens is 1. The highest BCUT2D eigenvalue weighted by molar-refractivity contribution is 6.48. The number of ether oxygens (including phenoxy) is 2. The zero-order valence-electron chi connectivity index (χ0n) is 20.5. The number of alkyl halides is 1. The molecule has 13 heteroatoms. The minimum absolute atomic E-state index is 0.0589. The van der Waals surface area contributed by atoms with Crippen LogP contribution in [-0.2, 0) is 34.9 Å². The minimum atomic E-state index is -0.782. The number of nitrogens with one attached hydrogen (secondary N) is 1. The quantitative estimate of drug-likeness (QED) is 0.216. The molecule has 4 aliphatic rings. The highest BCUT2D eigenvalue weighted by Gasteiger charge is 2.68. The van der Waals surface area contributed by atoms with Gasteiger partial charge in [0.25, 0.3) is 0 Å². The van der Waals surface area contributed by atoms with Gasteiger partial charge in [-0.15, -0.1) is 16.7 Å². The van der Waals surface area contributed by atoms with E-state index in [1.807, 2.05) is 6.92 Å². The zero-order chi connectivity index (χ0) is 25.4. The van der Waals surface area contributed by atoms with Gasteiger partial charge in [0, 0.05) is 6.42 Å². The van der Waals surface area contributed by atoms with Gasteiger partial charge in [0.05, 0.1) is 30.4 Å². The summed E-state index contributed by atoms with van der Waals surface area (Å²) in [4.78, 5) is 35.8. The van der Waals surface area contributed by atoms with Crippen molar-refractivity contribution >= 4 is 36.6 Å². The molecule has 1 aromatic heterocycles. The van der Waals surface area contributed by atoms with Gasteiger partial charge in [0.1, 0.15) is 5.88 Å². The third-order valence-corrected chi connectivity index (χ3v) is 8.00. The van der Waals surface area contributed by atoms with Crippen LogP contribution in [0.3, 0.4) is 0 Å². The van der Waals surface area contributed by atoms with E-state index in [0.717, 1.165) is 12.8 Å². The van der Waals surface area contributed by atoms with E-state index in [2.05, 4.69) is 36.4 Å². The smallest absolute Gasteiger partial charge is 0.428 e. The Morgan fingerprint density at radius 1 is 1.31 bits per heavy atom. The first-order chi connectivity index (χ1) is 16.6. The van der Waals surface area contributed by atoms with Crippen LogP contribution < -0.4 is 5.32 Å². The minimum Gasteiger partial charge on any atom is -0.428 e. The number of esters is 2. The number of rotatable bonds is 10. The summed E-state index contributed by atoms with van der Waals surface area (Å²) in [6.07, 6.45) is 4.23. The molecule has 1 N–H and O–H groups in total. The number of carbonyl (C=O) groups excluding carboxylic acids is 3. The highest BCUT2D eigenvalue weighted by atomic mass is 35.5. The molecule has 3 aliphatic carbocycles. The van der Waals surface area contributed by atoms with Gasteiger partial charge in [-0.3, -0.25) is 14.3 Å². The number of carbonyl (C=O) groups is 3. The second-order valence-corrected chi connectivity index (χ2v) is 10.6. The lowest BCUT2D eigenvalue weighted by molar-refractivity contribution is -0.199. The molecule has 2 heterocycles. The second kappa shape index (κ2) is 10.1. The maximum Gasteiger partial charge on any atom is 0.483 e. The Morgan fingerprint density at radius 3 is 2.77 bits per heavy atom. The van der Waals surface area contributed by atoms with Gasteiger partial charge < -0.3 is 24.1 Å². The number of hydrogen-bond donors (Lipinski definition) is 1. The zero-order valence-corrected chi connectivity index (χ0v) is 21.2. The number of nitrogens with zero attached hydrogens (tertiary/aromatic N) is 3. The van der Waals surface area contributed by atoms with Crippen molar-refractivity contribution in [2.45, 2.75) is 77.6 Å². The fourth-order valence-electron chi connectivity index (χ4n) is 5.70. The molecule has 1 aromatic rings. The summed E-state index contributed by atoms with van der Waals surface area (Å²) in [5.74, 6) is -1.47. The Labute approximate surface area is 209 Å². The fourth-order valence-corrected chi connectivity index (χ4v) is 5.77. The lowest BCUT2D eigenvalue weighted by atomic mass is 9.43. The van der Waals surface area contributed by atoms with E-state index in [4.69, 9.17) is 30.4 Å². The van der Waals surface area contributed by atoms with Crippen molar-refractivity contribution < 1.29 is 33.2 Å². The molecule has 192 valence electrons. The molecule has 0 radical (unpaired) electrons. The Bertz CT molecular complexity index is 975. The van der Waals surface area contributed by atoms with Crippen LogP contribution in [0.4, 0.5) is 0 Å². The van der Waals surface area contributed by atoms with Gasteiger partial charge in [-0.25, -0.2) is 4.79 Å². The normalized spacial score (nSPS) is 29.1. The molecule has 5 atom stereocenters. The molecule has 0 spiro atoms. The van der Waals surface area contributed by atoms with Crippen LogP contribution >= 0.6 is 11.6 Å². The summed E-state index contributed by atoms with van der Waals surface area (Å²) in [5, 5.41) is 10.6. The third kappa shape index (κ3) is 5.06. The van der Waals surface area contributed by atoms with Gasteiger partial charge in [-0.1, -0.05) is 26.0 Å². The first-order valence-corrected chi connectivity index (χ1v) is 12.5. The van der Waals surface area contributed by atoms with Crippen molar-refractivity contribution in [3.8, 4) is 0 Å². The van der Waals surface area contributed by atoms with E-state index in [1.54, 1.807) is 0 Å². The van der Waals surface area contributed by atoms with Crippen molar-refractivity contribution in [2.75, 3.05) is 12.7 Å². The van der Waals surface area contributed by atoms with Crippen LogP contribution in [-0.4, -0.2) is 70.3 Å². The molecule has 3 saturated carbocycles. The van der Waals surface area contributed by atoms with Crippen LogP contribution in [0.25, 0.3) is 0 Å². The van der Waals surface area contributed by atoms with Crippen LogP contribution in [0.2, 0.25) is 0 Å². The van der Waals surface area contributed by atoms with Crippen LogP contribution in [0.15, 0.2) is 6.20 Å². The SMILES string of the molecule is CCCC(=O)OCOC(=O)c1cn(C[C@H](NC(=O)CCl)B2OC3CC4CC(C4(C)C)[C@]3(C)O2)nn1. The Balaban J connectivity index is 1.40. The van der Waals surface area contributed by atoms with Crippen molar-refractivity contribution in [1.29, 1.82) is 0 Å². The monoisotopic (exact) mass is 510 g/mol. The Morgan fingerprint density at radius 2 is 2.09 bits per heavy atom. The molecule has 3 unspecified atom stereocenters. The predicted octanol–water partition coefficient (Wildman–Crippen LogP) is 1.73. The summed E-state index contributed by atoms with van der Waals surface area (Å²) in [6.45, 7) is 8.13. The molecule has 11 nitrogen and oxygen atoms in total. The number of aromatic nitrogens is 3. The van der Waals surface area contributed by atoms with E-state index in [-0.39, 0.29) is 42.0 Å². The van der Waals surface area contributed by atoms with Gasteiger partial charge >= 0.3 is 19.1 Å². The third-order valence-electron chi connectivity index (χ3n) is 7.76. The maximum atomic E-state index is 12.2. The largest absolute Gasteiger partial charge is 0.483 e. The molecular formula is C22H32BClN4O7. The van der Waals surface area contributed by atoms with Crippen molar-refractivity contribution in [2.24, 2.45) is 17.3 Å². The number of hydrogen-bond acceptors (Lipinski definition) is 9. The van der Waals surface area contributed by atoms with E-state index < -0.39 is 37.4 Å². The lowest BCUT2D eigenvalue weighted by Crippen LogP contribution is -2.65. The maximum absolute atomic E-state index is 12.2. The van der Waals surface area contributed by atoms with Crippen LogP contribution in [0.5, 0.6) is 0 Å².